The summed E-state index contributed by atoms with van der Waals surface area (Å²) in [5, 5.41) is 54.4. The third-order valence-corrected chi connectivity index (χ3v) is 27.6. The van der Waals surface area contributed by atoms with Crippen LogP contribution in [0.2, 0.25) is 0 Å². The van der Waals surface area contributed by atoms with Gasteiger partial charge in [0.1, 0.15) is 25.3 Å². The first-order valence-electron chi connectivity index (χ1n) is 45.5. The second-order valence-electron chi connectivity index (χ2n) is 35.5. The first-order valence-corrected chi connectivity index (χ1v) is 45.5. The summed E-state index contributed by atoms with van der Waals surface area (Å²) in [6.45, 7) is -1.61. The van der Waals surface area contributed by atoms with E-state index in [1.807, 2.05) is 121 Å². The Bertz CT molecular complexity index is 4850. The number of fused-ring (bicyclic) bond motifs is 9. The fourth-order valence-corrected chi connectivity index (χ4v) is 21.9. The van der Waals surface area contributed by atoms with Crippen molar-refractivity contribution in [2.24, 2.45) is 5.73 Å². The number of aromatic carboxylic acids is 1. The molecule has 670 valence electrons. The molecular weight excluding hydrogens is 1600 g/mol. The van der Waals surface area contributed by atoms with Crippen molar-refractivity contribution < 1.29 is 70.0 Å². The van der Waals surface area contributed by atoms with Gasteiger partial charge < -0.3 is 70.7 Å². The van der Waals surface area contributed by atoms with E-state index < -0.39 is 90.8 Å². The second-order valence-corrected chi connectivity index (χ2v) is 35.5. The number of aromatic nitrogens is 4. The van der Waals surface area contributed by atoms with Gasteiger partial charge in [0, 0.05) is 73.9 Å². The number of nitrogens with zero attached hydrogens (tertiary/aromatic N) is 8. The van der Waals surface area contributed by atoms with Crippen molar-refractivity contribution in [2.75, 3.05) is 30.0 Å². The molecule has 0 radical (unpaired) electrons. The van der Waals surface area contributed by atoms with Crippen molar-refractivity contribution >= 4 is 87.4 Å². The van der Waals surface area contributed by atoms with Crippen LogP contribution in [0.15, 0.2) is 143 Å². The lowest BCUT2D eigenvalue weighted by molar-refractivity contribution is -0.148. The number of aliphatic hydroxyl groups excluding tert-OH is 3. The van der Waals surface area contributed by atoms with Crippen molar-refractivity contribution in [1.29, 1.82) is 0 Å². The normalized spacial score (nSPS) is 25.2. The van der Waals surface area contributed by atoms with Crippen LogP contribution < -0.4 is 37.7 Å². The van der Waals surface area contributed by atoms with E-state index in [0.717, 1.165) is 86.5 Å². The molecule has 6 saturated heterocycles. The van der Waals surface area contributed by atoms with Crippen LogP contribution in [-0.2, 0) is 46.7 Å². The average Bonchev–Trinajstić information content (AvgIpc) is 1.72. The summed E-state index contributed by atoms with van der Waals surface area (Å²) in [6.07, 6.45) is 40.0. The number of carboxylic acids is 2. The predicted molar refractivity (Wildman–Crippen MR) is 476 cm³/mol. The van der Waals surface area contributed by atoms with Crippen LogP contribution in [0.1, 0.15) is 258 Å². The maximum atomic E-state index is 14.0. The fraction of sp³-hybridized carbons (Fsp3) is 0.568. The molecule has 3 aliphatic carbocycles. The molecule has 17 rings (SSSR count). The van der Waals surface area contributed by atoms with Crippen LogP contribution in [0.5, 0.6) is 0 Å². The number of ether oxygens (including phenoxy) is 2. The third kappa shape index (κ3) is 21.9. The molecule has 0 spiro atoms. The number of nitrogens with two attached hydrogens (primary N) is 1. The lowest BCUT2D eigenvalue weighted by Gasteiger charge is -2.48. The molecule has 13 atom stereocenters. The number of carbonyl (C=O) groups is 7. The third-order valence-electron chi connectivity index (χ3n) is 27.6. The fourth-order valence-electron chi connectivity index (χ4n) is 21.9. The number of carboxylic acid groups (broad SMARTS) is 2. The molecule has 7 aliphatic heterocycles. The summed E-state index contributed by atoms with van der Waals surface area (Å²) < 4.78 is 13.7. The zero-order chi connectivity index (χ0) is 86.0. The molecule has 28 nitrogen and oxygen atoms in total. The van der Waals surface area contributed by atoms with Crippen molar-refractivity contribution in [3.8, 4) is 0 Å². The molecule has 5 aromatic carbocycles. The molecule has 7 aromatic rings. The zero-order valence-electron chi connectivity index (χ0n) is 71.1. The monoisotopic (exact) mass is 1730 g/mol. The molecule has 9 heterocycles. The lowest BCUT2D eigenvalue weighted by atomic mass is 9.88. The van der Waals surface area contributed by atoms with E-state index >= 15 is 0 Å². The van der Waals surface area contributed by atoms with Gasteiger partial charge in [-0.2, -0.15) is 0 Å². The summed E-state index contributed by atoms with van der Waals surface area (Å²) in [7, 11) is 0. The van der Waals surface area contributed by atoms with Gasteiger partial charge in [-0.05, 0) is 163 Å². The van der Waals surface area contributed by atoms with Crippen molar-refractivity contribution in [2.45, 2.75) is 322 Å². The Morgan fingerprint density at radius 3 is 1.21 bits per heavy atom. The van der Waals surface area contributed by atoms with Crippen molar-refractivity contribution in [3.05, 3.63) is 177 Å². The molecule has 10 N–H and O–H groups in total. The quantitative estimate of drug-likeness (QED) is 0.0238. The minimum atomic E-state index is -1.46. The predicted octanol–water partition coefficient (Wildman–Crippen LogP) is 12.1. The van der Waals surface area contributed by atoms with E-state index in [2.05, 4.69) is 40.6 Å². The van der Waals surface area contributed by atoms with Gasteiger partial charge in [0.05, 0.1) is 53.3 Å². The molecular formula is C95H127ClN12O16. The van der Waals surface area contributed by atoms with Crippen molar-refractivity contribution in [1.82, 2.24) is 44.4 Å². The van der Waals surface area contributed by atoms with Gasteiger partial charge >= 0.3 is 23.9 Å². The van der Waals surface area contributed by atoms with Crippen LogP contribution in [0.3, 0.4) is 0 Å². The first kappa shape index (κ1) is 92.2. The topological polar surface area (TPSA) is 384 Å². The molecule has 3 amide bonds. The summed E-state index contributed by atoms with van der Waals surface area (Å²) in [5.41, 5.74) is 9.45. The number of benzene rings is 5. The average molecular weight is 1730 g/mol. The van der Waals surface area contributed by atoms with Crippen LogP contribution in [0.4, 0.5) is 11.4 Å². The van der Waals surface area contributed by atoms with Gasteiger partial charge in [-0.25, -0.2) is 24.4 Å². The van der Waals surface area contributed by atoms with E-state index in [1.54, 1.807) is 26.2 Å². The number of hydrogen-bond acceptors (Lipinski definition) is 21. The minimum absolute atomic E-state index is 0. The Morgan fingerprint density at radius 2 is 0.798 bits per heavy atom. The Hall–Kier alpha value is -9.52. The van der Waals surface area contributed by atoms with Gasteiger partial charge in [-0.1, -0.05) is 193 Å². The highest BCUT2D eigenvalue weighted by molar-refractivity contribution is 6.17. The molecule has 6 bridgehead atoms. The Balaban J connectivity index is 0.000000159. The van der Waals surface area contributed by atoms with Gasteiger partial charge in [0.25, 0.3) is 28.8 Å². The Kier molecular flexibility index (Phi) is 32.8. The van der Waals surface area contributed by atoms with Gasteiger partial charge in [-0.15, -0.1) is 12.4 Å². The number of anilines is 2. The van der Waals surface area contributed by atoms with Crippen LogP contribution in [0.25, 0.3) is 22.1 Å². The van der Waals surface area contributed by atoms with E-state index in [0.29, 0.717) is 76.6 Å². The molecule has 10 aliphatic rings. The number of aliphatic hydroxyl groups is 3. The zero-order valence-corrected chi connectivity index (χ0v) is 71.9. The van der Waals surface area contributed by atoms with Crippen LogP contribution >= 0.6 is 12.4 Å². The number of rotatable bonds is 21. The molecule has 29 heteroatoms. The first-order chi connectivity index (χ1) is 59.9. The largest absolute Gasteiger partial charge is 0.480 e. The molecule has 3 saturated carbocycles. The summed E-state index contributed by atoms with van der Waals surface area (Å²) >= 11 is 0. The number of amides is 3. The van der Waals surface area contributed by atoms with Gasteiger partial charge in [0.2, 0.25) is 5.69 Å². The highest BCUT2D eigenvalue weighted by atomic mass is 35.5. The molecule has 9 fully saturated rings. The smallest absolute Gasteiger partial charge is 0.360 e. The standard InChI is InChI=1S/C34H42N4O5.C27H38N4O5.C24H31N3O3.C10H13NO3.ClH.H2/c39-21-29(34(42)43-22-23-11-5-4-6-12-23)36-32(40)31-33(41)38(30-16-10-9-15-28(30)35-31)27-19-25-17-18-26(20-27)37(25)24-13-7-2-1-3-8-14-24;32-16-22(27(35)36)29-25(33)24-26(34)31(23-11-7-6-10-21(23)28-24)20-14-18-12-13-19(15-20)30(18)17-8-4-2-1-3-5-9-17;28-23-22(24(29)30)25-20-10-6-7-11-21(20)27(23)19-14-17-12-13-18(15-19)26(17)16-8-4-2-1-3-5-9-16;11-9(6-12)10(13)14-7-8-4-2-1-3-5-8;;/h4-6,9-12,15-16,24-27,29,39H,1-3,7-8,13-14,17-22H2,(H,36,40);6-7,10-11,17-20,22,24,28,32H,1-5,8-9,12-16H2,(H,29,33)(H,35,36);6-7,10-11,16-19H,1-5,8-9,12-15H2,(H,29,30);1-5,9,12H,6-7,11H2;2*1H/t25-,26+,27?,29-;18-,19+,20?,22-,24?;17-,18+,19?;9-;;/m00.0../s1. The summed E-state index contributed by atoms with van der Waals surface area (Å²) in [5.74, 6) is -5.85. The lowest BCUT2D eigenvalue weighted by Crippen LogP contribution is -2.62. The Morgan fingerprint density at radius 1 is 0.427 bits per heavy atom. The maximum absolute atomic E-state index is 14.0. The number of hydrogen-bond donors (Lipinski definition) is 9. The number of para-hydroxylation sites is 6. The highest BCUT2D eigenvalue weighted by Crippen LogP contribution is 2.48. The van der Waals surface area contributed by atoms with Crippen molar-refractivity contribution in [3.63, 3.8) is 0 Å². The second kappa shape index (κ2) is 44.1. The number of carbonyl (C=O) groups excluding carboxylic acids is 5. The van der Waals surface area contributed by atoms with E-state index in [4.69, 9.17) is 20.3 Å². The molecule has 4 unspecified atom stereocenters. The van der Waals surface area contributed by atoms with Gasteiger partial charge in [-0.3, -0.25) is 43.5 Å². The summed E-state index contributed by atoms with van der Waals surface area (Å²) in [6, 6.07) is 40.6. The number of aliphatic carboxylic acids is 1. The summed E-state index contributed by atoms with van der Waals surface area (Å²) in [4.78, 5) is 133. The van der Waals surface area contributed by atoms with Crippen LogP contribution in [0, 0.1) is 0 Å². The maximum Gasteiger partial charge on any atom is 0.360 e. The number of esters is 2. The van der Waals surface area contributed by atoms with E-state index in [-0.39, 0.29) is 62.5 Å². The Labute approximate surface area is 732 Å². The SMILES string of the molecule is Cl.N[C@@H](CO)C(=O)OCc1ccccc1.O=C(N[C@@H](CO)C(=O)O)C1Nc2ccccc2N(C2C[C@H]3CC[C@@H](C2)N3C2CCCCCCC2)C1=O.O=C(N[C@@H](CO)C(=O)OCc1ccccc1)c1nc2ccccc2n(C2C[C@H]3CC[C@@H](C2)N3C2CCCCCCC2)c1=O.O=C(O)c1nc2ccccc2n(C2C[C@H]3CC[C@@H](C2)N3C2CCCCCCC2)c1=O.[HH]. The van der Waals surface area contributed by atoms with E-state index in [1.165, 1.54) is 148 Å². The highest BCUT2D eigenvalue weighted by Gasteiger charge is 2.51. The minimum Gasteiger partial charge on any atom is -0.480 e. The number of halogens is 1. The van der Waals surface area contributed by atoms with E-state index in [9.17, 15) is 63.6 Å². The number of piperidine rings is 3. The van der Waals surface area contributed by atoms with Gasteiger partial charge in [0.15, 0.2) is 17.8 Å². The van der Waals surface area contributed by atoms with Crippen LogP contribution in [-0.4, -0.2) is 205 Å². The number of nitrogens with one attached hydrogen (secondary N) is 3. The molecule has 2 aromatic heterocycles. The molecule has 124 heavy (non-hydrogen) atoms.